The summed E-state index contributed by atoms with van der Waals surface area (Å²) in [7, 11) is 0. The predicted octanol–water partition coefficient (Wildman–Crippen LogP) is 3.74. The normalized spacial score (nSPS) is 18.1. The third kappa shape index (κ3) is 5.18. The smallest absolute Gasteiger partial charge is 0.276 e. The highest BCUT2D eigenvalue weighted by Crippen LogP contribution is 2.22. The molecule has 0 spiro atoms. The van der Waals surface area contributed by atoms with Crippen LogP contribution in [0, 0.1) is 6.92 Å². The van der Waals surface area contributed by atoms with Crippen molar-refractivity contribution in [2.45, 2.75) is 44.8 Å². The summed E-state index contributed by atoms with van der Waals surface area (Å²) in [5.74, 6) is -0.494. The van der Waals surface area contributed by atoms with Crippen LogP contribution < -0.4 is 10.6 Å². The van der Waals surface area contributed by atoms with Gasteiger partial charge in [0.25, 0.3) is 11.8 Å². The van der Waals surface area contributed by atoms with Crippen LogP contribution in [0.2, 0.25) is 0 Å². The molecule has 0 radical (unpaired) electrons. The molecule has 1 saturated carbocycles. The van der Waals surface area contributed by atoms with Gasteiger partial charge in [0.15, 0.2) is 0 Å². The SMILES string of the molecule is Cc1ncc(-c2cccc(C(=O)NC3CCC(O)CC3)c2)nc1C(=O)Nc1ccccc1. The fraction of sp³-hybridized carbons (Fsp3) is 0.280. The number of anilines is 1. The number of aryl methyl sites for hydroxylation is 1. The van der Waals surface area contributed by atoms with Crippen molar-refractivity contribution in [3.8, 4) is 11.3 Å². The summed E-state index contributed by atoms with van der Waals surface area (Å²) < 4.78 is 0. The number of rotatable bonds is 5. The van der Waals surface area contributed by atoms with Crippen molar-refractivity contribution < 1.29 is 14.7 Å². The van der Waals surface area contributed by atoms with Gasteiger partial charge in [0, 0.05) is 22.9 Å². The van der Waals surface area contributed by atoms with E-state index in [1.54, 1.807) is 43.5 Å². The highest BCUT2D eigenvalue weighted by Gasteiger charge is 2.21. The summed E-state index contributed by atoms with van der Waals surface area (Å²) in [5.41, 5.74) is 3.18. The molecular formula is C25H26N4O3. The van der Waals surface area contributed by atoms with Gasteiger partial charge in [-0.2, -0.15) is 0 Å². The van der Waals surface area contributed by atoms with Crippen molar-refractivity contribution in [2.24, 2.45) is 0 Å². The van der Waals surface area contributed by atoms with Crippen molar-refractivity contribution in [1.29, 1.82) is 0 Å². The van der Waals surface area contributed by atoms with Crippen LogP contribution in [0.4, 0.5) is 5.69 Å². The van der Waals surface area contributed by atoms with Crippen LogP contribution in [0.5, 0.6) is 0 Å². The van der Waals surface area contributed by atoms with Gasteiger partial charge in [-0.05, 0) is 56.9 Å². The van der Waals surface area contributed by atoms with E-state index in [2.05, 4.69) is 20.6 Å². The topological polar surface area (TPSA) is 104 Å². The number of nitrogens with one attached hydrogen (secondary N) is 2. The molecule has 1 heterocycles. The number of amides is 2. The highest BCUT2D eigenvalue weighted by molar-refractivity contribution is 6.03. The van der Waals surface area contributed by atoms with E-state index in [9.17, 15) is 14.7 Å². The molecule has 0 saturated heterocycles. The minimum Gasteiger partial charge on any atom is -0.393 e. The first-order valence-electron chi connectivity index (χ1n) is 10.8. The Labute approximate surface area is 186 Å². The summed E-state index contributed by atoms with van der Waals surface area (Å²) in [6, 6.07) is 16.4. The molecule has 2 aromatic carbocycles. The molecule has 1 aliphatic carbocycles. The number of benzene rings is 2. The number of aromatic nitrogens is 2. The van der Waals surface area contributed by atoms with Gasteiger partial charge in [-0.15, -0.1) is 0 Å². The van der Waals surface area contributed by atoms with Gasteiger partial charge in [0.05, 0.1) is 23.7 Å². The number of carbonyl (C=O) groups is 2. The van der Waals surface area contributed by atoms with Crippen LogP contribution in [0.3, 0.4) is 0 Å². The van der Waals surface area contributed by atoms with Crippen LogP contribution in [-0.2, 0) is 0 Å². The van der Waals surface area contributed by atoms with E-state index >= 15 is 0 Å². The van der Waals surface area contributed by atoms with E-state index in [0.717, 1.165) is 12.8 Å². The maximum atomic E-state index is 12.7. The monoisotopic (exact) mass is 430 g/mol. The maximum Gasteiger partial charge on any atom is 0.276 e. The Kier molecular flexibility index (Phi) is 6.56. The molecule has 1 aromatic heterocycles. The molecule has 7 heteroatoms. The molecule has 32 heavy (non-hydrogen) atoms. The van der Waals surface area contributed by atoms with Crippen LogP contribution >= 0.6 is 0 Å². The minimum absolute atomic E-state index is 0.0713. The van der Waals surface area contributed by atoms with Crippen molar-refractivity contribution in [1.82, 2.24) is 15.3 Å². The second kappa shape index (κ2) is 9.70. The Balaban J connectivity index is 1.52. The molecular weight excluding hydrogens is 404 g/mol. The highest BCUT2D eigenvalue weighted by atomic mass is 16.3. The molecule has 3 N–H and O–H groups in total. The quantitative estimate of drug-likeness (QED) is 0.572. The zero-order valence-corrected chi connectivity index (χ0v) is 17.9. The summed E-state index contributed by atoms with van der Waals surface area (Å²) in [6.07, 6.45) is 4.30. The zero-order chi connectivity index (χ0) is 22.5. The van der Waals surface area contributed by atoms with Crippen LogP contribution in [0.1, 0.15) is 52.2 Å². The van der Waals surface area contributed by atoms with E-state index in [-0.39, 0.29) is 29.7 Å². The predicted molar refractivity (Wildman–Crippen MR) is 122 cm³/mol. The van der Waals surface area contributed by atoms with Crippen molar-refractivity contribution in [2.75, 3.05) is 5.32 Å². The Morgan fingerprint density at radius 1 is 0.969 bits per heavy atom. The molecule has 164 valence electrons. The third-order valence-electron chi connectivity index (χ3n) is 5.65. The van der Waals surface area contributed by atoms with Gasteiger partial charge in [0.1, 0.15) is 5.69 Å². The van der Waals surface area contributed by atoms with E-state index < -0.39 is 0 Å². The molecule has 0 bridgehead atoms. The van der Waals surface area contributed by atoms with Crippen molar-refractivity contribution in [3.63, 3.8) is 0 Å². The van der Waals surface area contributed by atoms with E-state index in [1.807, 2.05) is 24.3 Å². The summed E-state index contributed by atoms with van der Waals surface area (Å²) >= 11 is 0. The lowest BCUT2D eigenvalue weighted by Crippen LogP contribution is -2.38. The Bertz CT molecular complexity index is 1110. The molecule has 0 atom stereocenters. The van der Waals surface area contributed by atoms with Gasteiger partial charge in [-0.1, -0.05) is 30.3 Å². The summed E-state index contributed by atoms with van der Waals surface area (Å²) in [4.78, 5) is 34.4. The molecule has 3 aromatic rings. The van der Waals surface area contributed by atoms with Crippen LogP contribution in [0.15, 0.2) is 60.8 Å². The molecule has 2 amide bonds. The fourth-order valence-electron chi connectivity index (χ4n) is 3.82. The lowest BCUT2D eigenvalue weighted by molar-refractivity contribution is 0.0867. The van der Waals surface area contributed by atoms with Crippen LogP contribution in [-0.4, -0.2) is 39.0 Å². The number of para-hydroxylation sites is 1. The lowest BCUT2D eigenvalue weighted by Gasteiger charge is -2.26. The maximum absolute atomic E-state index is 12.7. The third-order valence-corrected chi connectivity index (χ3v) is 5.65. The van der Waals surface area contributed by atoms with Gasteiger partial charge >= 0.3 is 0 Å². The molecule has 4 rings (SSSR count). The van der Waals surface area contributed by atoms with Gasteiger partial charge in [-0.25, -0.2) is 4.98 Å². The van der Waals surface area contributed by atoms with Gasteiger partial charge in [0.2, 0.25) is 0 Å². The Morgan fingerprint density at radius 3 is 2.47 bits per heavy atom. The second-order valence-electron chi connectivity index (χ2n) is 8.07. The molecule has 1 aliphatic rings. The molecule has 0 unspecified atom stereocenters. The Hall–Kier alpha value is -3.58. The van der Waals surface area contributed by atoms with Crippen molar-refractivity contribution in [3.05, 3.63) is 77.7 Å². The number of aliphatic hydroxyl groups excluding tert-OH is 1. The average Bonchev–Trinajstić information content (AvgIpc) is 2.81. The first-order chi connectivity index (χ1) is 15.5. The number of nitrogens with zero attached hydrogens (tertiary/aromatic N) is 2. The lowest BCUT2D eigenvalue weighted by atomic mass is 9.93. The summed E-state index contributed by atoms with van der Waals surface area (Å²) in [6.45, 7) is 1.74. The van der Waals surface area contributed by atoms with E-state index in [1.165, 1.54) is 0 Å². The zero-order valence-electron chi connectivity index (χ0n) is 17.9. The number of aliphatic hydroxyl groups is 1. The van der Waals surface area contributed by atoms with E-state index in [0.29, 0.717) is 41.0 Å². The number of hydrogen-bond donors (Lipinski definition) is 3. The average molecular weight is 431 g/mol. The van der Waals surface area contributed by atoms with Crippen molar-refractivity contribution >= 4 is 17.5 Å². The summed E-state index contributed by atoms with van der Waals surface area (Å²) in [5, 5.41) is 15.5. The Morgan fingerprint density at radius 2 is 1.72 bits per heavy atom. The molecule has 1 fully saturated rings. The first-order valence-corrected chi connectivity index (χ1v) is 10.8. The first kappa shape index (κ1) is 21.6. The molecule has 7 nitrogen and oxygen atoms in total. The number of hydrogen-bond acceptors (Lipinski definition) is 5. The van der Waals surface area contributed by atoms with Gasteiger partial charge < -0.3 is 15.7 Å². The largest absolute Gasteiger partial charge is 0.393 e. The second-order valence-corrected chi connectivity index (χ2v) is 8.07. The standard InChI is InChI=1S/C25H26N4O3/c1-16-23(25(32)28-19-8-3-2-4-9-19)29-22(15-26-16)17-6-5-7-18(14-17)24(31)27-20-10-12-21(30)13-11-20/h2-9,14-15,20-21,30H,10-13H2,1H3,(H,27,31)(H,28,32). The number of carbonyl (C=O) groups excluding carboxylic acids is 2. The van der Waals surface area contributed by atoms with Crippen LogP contribution in [0.25, 0.3) is 11.3 Å². The fourth-order valence-corrected chi connectivity index (χ4v) is 3.82. The minimum atomic E-state index is -0.337. The van der Waals surface area contributed by atoms with E-state index in [4.69, 9.17) is 0 Å². The molecule has 0 aliphatic heterocycles. The van der Waals surface area contributed by atoms with Gasteiger partial charge in [-0.3, -0.25) is 14.6 Å².